The van der Waals surface area contributed by atoms with E-state index in [1.807, 2.05) is 18.2 Å². The first-order valence-corrected chi connectivity index (χ1v) is 8.66. The molecule has 0 aliphatic carbocycles. The lowest BCUT2D eigenvalue weighted by molar-refractivity contribution is -0.128. The number of benzene rings is 2. The van der Waals surface area contributed by atoms with E-state index in [9.17, 15) is 14.4 Å². The number of imide groups is 1. The van der Waals surface area contributed by atoms with Crippen LogP contribution in [-0.4, -0.2) is 35.9 Å². The molecule has 140 valence electrons. The Bertz CT molecular complexity index is 821. The molecule has 2 N–H and O–H groups in total. The summed E-state index contributed by atoms with van der Waals surface area (Å²) in [5.41, 5.74) is 1.52. The average molecular weight is 367 g/mol. The van der Waals surface area contributed by atoms with Gasteiger partial charge in [0.2, 0.25) is 5.91 Å². The average Bonchev–Trinajstić information content (AvgIpc) is 2.95. The van der Waals surface area contributed by atoms with Gasteiger partial charge in [0, 0.05) is 12.1 Å². The van der Waals surface area contributed by atoms with Crippen molar-refractivity contribution < 1.29 is 19.1 Å². The highest BCUT2D eigenvalue weighted by Gasteiger charge is 2.37. The minimum absolute atomic E-state index is 0.141. The van der Waals surface area contributed by atoms with Crippen LogP contribution >= 0.6 is 0 Å². The molecule has 1 atom stereocenters. The van der Waals surface area contributed by atoms with Gasteiger partial charge < -0.3 is 15.4 Å². The minimum atomic E-state index is -0.683. The number of hydrogen-bond donors (Lipinski definition) is 2. The lowest BCUT2D eigenvalue weighted by atomic mass is 10.1. The largest absolute Gasteiger partial charge is 0.497 e. The quantitative estimate of drug-likeness (QED) is 0.736. The third-order valence-corrected chi connectivity index (χ3v) is 4.32. The van der Waals surface area contributed by atoms with E-state index in [4.69, 9.17) is 4.74 Å². The van der Waals surface area contributed by atoms with Gasteiger partial charge in [-0.2, -0.15) is 0 Å². The van der Waals surface area contributed by atoms with E-state index >= 15 is 0 Å². The normalized spacial score (nSPS) is 16.2. The van der Waals surface area contributed by atoms with Gasteiger partial charge in [-0.15, -0.1) is 0 Å². The number of para-hydroxylation sites is 1. The minimum Gasteiger partial charge on any atom is -0.497 e. The molecule has 7 heteroatoms. The molecule has 7 nitrogen and oxygen atoms in total. The van der Waals surface area contributed by atoms with Crippen LogP contribution in [0.25, 0.3) is 0 Å². The second-order valence-corrected chi connectivity index (χ2v) is 6.23. The maximum absolute atomic E-state index is 12.5. The van der Waals surface area contributed by atoms with Gasteiger partial charge in [0.25, 0.3) is 5.91 Å². The third-order valence-electron chi connectivity index (χ3n) is 4.32. The second-order valence-electron chi connectivity index (χ2n) is 6.23. The Kier molecular flexibility index (Phi) is 5.71. The van der Waals surface area contributed by atoms with Gasteiger partial charge in [-0.05, 0) is 36.2 Å². The number of carbonyl (C=O) groups is 3. The fraction of sp³-hybridized carbons (Fsp3) is 0.250. The van der Waals surface area contributed by atoms with E-state index in [-0.39, 0.29) is 31.2 Å². The Balaban J connectivity index is 1.53. The van der Waals surface area contributed by atoms with Crippen molar-refractivity contribution in [2.24, 2.45) is 0 Å². The number of nitrogens with one attached hydrogen (secondary N) is 2. The number of methoxy groups -OCH3 is 1. The third kappa shape index (κ3) is 4.63. The standard InChI is InChI=1S/C20H21N3O4/c1-27-16-9-7-14(8-10-16)13-23-19(25)17(22-20(23)26)11-12-18(24)21-15-5-3-2-4-6-15/h2-10,17H,11-13H2,1H3,(H,21,24)(H,22,26). The molecular formula is C20H21N3O4. The van der Waals surface area contributed by atoms with Gasteiger partial charge in [-0.3, -0.25) is 14.5 Å². The topological polar surface area (TPSA) is 87.7 Å². The van der Waals surface area contributed by atoms with Crippen LogP contribution in [0.2, 0.25) is 0 Å². The monoisotopic (exact) mass is 367 g/mol. The fourth-order valence-corrected chi connectivity index (χ4v) is 2.86. The molecule has 1 heterocycles. The van der Waals surface area contributed by atoms with Crippen molar-refractivity contribution >= 4 is 23.5 Å². The molecule has 0 bridgehead atoms. The van der Waals surface area contributed by atoms with E-state index in [2.05, 4.69) is 10.6 Å². The Labute approximate surface area is 157 Å². The number of anilines is 1. The maximum atomic E-state index is 12.5. The zero-order chi connectivity index (χ0) is 19.2. The molecule has 27 heavy (non-hydrogen) atoms. The van der Waals surface area contributed by atoms with E-state index < -0.39 is 12.1 Å². The first kappa shape index (κ1) is 18.4. The van der Waals surface area contributed by atoms with Crippen LogP contribution in [0.15, 0.2) is 54.6 Å². The van der Waals surface area contributed by atoms with Crippen LogP contribution in [0.4, 0.5) is 10.5 Å². The predicted octanol–water partition coefficient (Wildman–Crippen LogP) is 2.53. The van der Waals surface area contributed by atoms with Crippen LogP contribution in [0.5, 0.6) is 5.75 Å². The van der Waals surface area contributed by atoms with Crippen LogP contribution in [0, 0.1) is 0 Å². The van der Waals surface area contributed by atoms with Crippen LogP contribution < -0.4 is 15.4 Å². The first-order chi connectivity index (χ1) is 13.1. The number of hydrogen-bond acceptors (Lipinski definition) is 4. The van der Waals surface area contributed by atoms with E-state index in [1.54, 1.807) is 43.5 Å². The van der Waals surface area contributed by atoms with Crippen molar-refractivity contribution in [3.8, 4) is 5.75 Å². The molecule has 4 amide bonds. The molecular weight excluding hydrogens is 346 g/mol. The second kappa shape index (κ2) is 8.35. The van der Waals surface area contributed by atoms with Gasteiger partial charge in [-0.25, -0.2) is 4.79 Å². The highest BCUT2D eigenvalue weighted by Crippen LogP contribution is 2.18. The van der Waals surface area contributed by atoms with E-state index in [0.29, 0.717) is 11.4 Å². The van der Waals surface area contributed by atoms with Crippen LogP contribution in [0.1, 0.15) is 18.4 Å². The SMILES string of the molecule is COc1ccc(CN2C(=O)NC(CCC(=O)Nc3ccccc3)C2=O)cc1. The summed E-state index contributed by atoms with van der Waals surface area (Å²) in [5.74, 6) is 0.193. The molecule has 1 saturated heterocycles. The zero-order valence-electron chi connectivity index (χ0n) is 15.0. The van der Waals surface area contributed by atoms with Crippen LogP contribution in [0.3, 0.4) is 0 Å². The lowest BCUT2D eigenvalue weighted by Crippen LogP contribution is -2.31. The maximum Gasteiger partial charge on any atom is 0.325 e. The summed E-state index contributed by atoms with van der Waals surface area (Å²) in [5, 5.41) is 5.41. The van der Waals surface area contributed by atoms with Gasteiger partial charge in [-0.1, -0.05) is 30.3 Å². The molecule has 2 aromatic carbocycles. The Morgan fingerprint density at radius 1 is 1.11 bits per heavy atom. The van der Waals surface area contributed by atoms with Crippen LogP contribution in [-0.2, 0) is 16.1 Å². The summed E-state index contributed by atoms with van der Waals surface area (Å²) >= 11 is 0. The molecule has 1 unspecified atom stereocenters. The summed E-state index contributed by atoms with van der Waals surface area (Å²) < 4.78 is 5.10. The number of ether oxygens (including phenoxy) is 1. The zero-order valence-corrected chi connectivity index (χ0v) is 15.0. The Hall–Kier alpha value is -3.35. The van der Waals surface area contributed by atoms with Crippen molar-refractivity contribution in [2.45, 2.75) is 25.4 Å². The molecule has 1 fully saturated rings. The van der Waals surface area contributed by atoms with Gasteiger partial charge in [0.1, 0.15) is 11.8 Å². The smallest absolute Gasteiger partial charge is 0.325 e. The summed E-state index contributed by atoms with van der Waals surface area (Å²) in [6, 6.07) is 15.1. The number of rotatable bonds is 7. The van der Waals surface area contributed by atoms with Gasteiger partial charge >= 0.3 is 6.03 Å². The molecule has 0 aromatic heterocycles. The number of nitrogens with zero attached hydrogens (tertiary/aromatic N) is 1. The first-order valence-electron chi connectivity index (χ1n) is 8.66. The predicted molar refractivity (Wildman–Crippen MR) is 100 cm³/mol. The molecule has 1 aliphatic rings. The Morgan fingerprint density at radius 3 is 2.48 bits per heavy atom. The summed E-state index contributed by atoms with van der Waals surface area (Å²) in [6.45, 7) is 0.182. The summed E-state index contributed by atoms with van der Waals surface area (Å²) in [6.07, 6.45) is 0.393. The van der Waals surface area contributed by atoms with Crippen molar-refractivity contribution in [3.05, 3.63) is 60.2 Å². The fourth-order valence-electron chi connectivity index (χ4n) is 2.86. The van der Waals surface area contributed by atoms with Crippen molar-refractivity contribution in [2.75, 3.05) is 12.4 Å². The summed E-state index contributed by atoms with van der Waals surface area (Å²) in [7, 11) is 1.57. The van der Waals surface area contributed by atoms with Crippen molar-refractivity contribution in [3.63, 3.8) is 0 Å². The molecule has 0 spiro atoms. The highest BCUT2D eigenvalue weighted by atomic mass is 16.5. The van der Waals surface area contributed by atoms with E-state index in [0.717, 1.165) is 5.56 Å². The summed E-state index contributed by atoms with van der Waals surface area (Å²) in [4.78, 5) is 37.8. The lowest BCUT2D eigenvalue weighted by Gasteiger charge is -2.13. The van der Waals surface area contributed by atoms with Gasteiger partial charge in [0.15, 0.2) is 0 Å². The Morgan fingerprint density at radius 2 is 1.81 bits per heavy atom. The van der Waals surface area contributed by atoms with Gasteiger partial charge in [0.05, 0.1) is 13.7 Å². The number of carbonyl (C=O) groups excluding carboxylic acids is 3. The molecule has 2 aromatic rings. The van der Waals surface area contributed by atoms with Crippen molar-refractivity contribution in [1.29, 1.82) is 0 Å². The number of urea groups is 1. The molecule has 1 aliphatic heterocycles. The molecule has 0 saturated carbocycles. The highest BCUT2D eigenvalue weighted by molar-refractivity contribution is 6.04. The molecule has 3 rings (SSSR count). The molecule has 0 radical (unpaired) electrons. The van der Waals surface area contributed by atoms with E-state index in [1.165, 1.54) is 4.90 Å². The van der Waals surface area contributed by atoms with Crippen molar-refractivity contribution in [1.82, 2.24) is 10.2 Å². The number of amides is 4.